The van der Waals surface area contributed by atoms with Gasteiger partial charge in [-0.15, -0.1) is 11.8 Å². The number of nitrogens with two attached hydrogens (primary N) is 1. The lowest BCUT2D eigenvalue weighted by Gasteiger charge is -2.39. The fourth-order valence-corrected chi connectivity index (χ4v) is 4.35. The number of hydrogen-bond acceptors (Lipinski definition) is 4. The zero-order valence-electron chi connectivity index (χ0n) is 15.3. The van der Waals surface area contributed by atoms with Gasteiger partial charge in [0.05, 0.1) is 16.7 Å². The molecule has 0 unspecified atom stereocenters. The zero-order chi connectivity index (χ0) is 20.1. The summed E-state index contributed by atoms with van der Waals surface area (Å²) in [5.41, 5.74) is 5.52. The number of rotatable bonds is 6. The molecular formula is C21H22N2O4S. The molecule has 0 saturated carbocycles. The second-order valence-corrected chi connectivity index (χ2v) is 7.81. The Bertz CT molecular complexity index is 877. The van der Waals surface area contributed by atoms with Crippen molar-refractivity contribution in [3.63, 3.8) is 0 Å². The van der Waals surface area contributed by atoms with Crippen LogP contribution in [0.1, 0.15) is 28.8 Å². The number of primary amides is 1. The van der Waals surface area contributed by atoms with E-state index in [-0.39, 0.29) is 11.7 Å². The highest BCUT2D eigenvalue weighted by atomic mass is 32.2. The number of aliphatic carboxylic acids is 1. The first-order valence-corrected chi connectivity index (χ1v) is 10.0. The van der Waals surface area contributed by atoms with Crippen molar-refractivity contribution in [2.24, 2.45) is 5.73 Å². The van der Waals surface area contributed by atoms with Crippen LogP contribution in [0.5, 0.6) is 0 Å². The molecule has 28 heavy (non-hydrogen) atoms. The highest BCUT2D eigenvalue weighted by Gasteiger charge is 2.44. The van der Waals surface area contributed by atoms with Gasteiger partial charge in [-0.3, -0.25) is 14.4 Å². The molecule has 1 heterocycles. The van der Waals surface area contributed by atoms with Crippen molar-refractivity contribution in [2.75, 3.05) is 18.8 Å². The summed E-state index contributed by atoms with van der Waals surface area (Å²) < 4.78 is 0. The van der Waals surface area contributed by atoms with Crippen molar-refractivity contribution >= 4 is 29.5 Å². The van der Waals surface area contributed by atoms with E-state index in [4.69, 9.17) is 5.73 Å². The van der Waals surface area contributed by atoms with Crippen LogP contribution in [-0.2, 0) is 15.0 Å². The Kier molecular flexibility index (Phi) is 6.04. The second-order valence-electron chi connectivity index (χ2n) is 6.80. The van der Waals surface area contributed by atoms with Gasteiger partial charge in [-0.1, -0.05) is 42.5 Å². The monoisotopic (exact) mass is 398 g/mol. The van der Waals surface area contributed by atoms with Crippen LogP contribution >= 0.6 is 11.8 Å². The van der Waals surface area contributed by atoms with Crippen LogP contribution in [0.2, 0.25) is 0 Å². The maximum atomic E-state index is 13.0. The minimum absolute atomic E-state index is 0.0976. The van der Waals surface area contributed by atoms with Crippen LogP contribution in [0.25, 0.3) is 0 Å². The largest absolute Gasteiger partial charge is 0.481 e. The van der Waals surface area contributed by atoms with Crippen molar-refractivity contribution in [2.45, 2.75) is 23.2 Å². The van der Waals surface area contributed by atoms with Crippen LogP contribution in [0, 0.1) is 0 Å². The SMILES string of the molecule is NC(=O)CSc1ccccc1C(=O)N1CCC(C(=O)O)(c2ccccc2)CC1. The molecule has 0 radical (unpaired) electrons. The lowest BCUT2D eigenvalue weighted by molar-refractivity contribution is -0.145. The number of carbonyl (C=O) groups is 3. The number of nitrogens with zero attached hydrogens (tertiary/aromatic N) is 1. The predicted octanol–water partition coefficient (Wildman–Crippen LogP) is 2.52. The third kappa shape index (κ3) is 4.04. The first kappa shape index (κ1) is 19.9. The van der Waals surface area contributed by atoms with Gasteiger partial charge in [0.15, 0.2) is 0 Å². The van der Waals surface area contributed by atoms with Gasteiger partial charge in [0, 0.05) is 18.0 Å². The van der Waals surface area contributed by atoms with Crippen LogP contribution in [0.15, 0.2) is 59.5 Å². The van der Waals surface area contributed by atoms with E-state index in [1.807, 2.05) is 30.3 Å². The molecule has 1 aliphatic rings. The lowest BCUT2D eigenvalue weighted by atomic mass is 9.73. The average molecular weight is 398 g/mol. The van der Waals surface area contributed by atoms with E-state index < -0.39 is 17.3 Å². The van der Waals surface area contributed by atoms with Crippen LogP contribution in [0.4, 0.5) is 0 Å². The van der Waals surface area contributed by atoms with Gasteiger partial charge in [-0.05, 0) is 30.5 Å². The average Bonchev–Trinajstić information content (AvgIpc) is 2.72. The minimum Gasteiger partial charge on any atom is -0.481 e. The number of carboxylic acid groups (broad SMARTS) is 1. The standard InChI is InChI=1S/C21H22N2O4S/c22-18(24)14-28-17-9-5-4-8-16(17)19(25)23-12-10-21(11-13-23,20(26)27)15-6-2-1-3-7-15/h1-9H,10-14H2,(H2,22,24)(H,26,27). The molecule has 1 fully saturated rings. The summed E-state index contributed by atoms with van der Waals surface area (Å²) in [6.07, 6.45) is 0.712. The maximum Gasteiger partial charge on any atom is 0.314 e. The van der Waals surface area contributed by atoms with Gasteiger partial charge >= 0.3 is 5.97 Å². The van der Waals surface area contributed by atoms with E-state index in [1.54, 1.807) is 29.2 Å². The number of thioether (sulfide) groups is 1. The van der Waals surface area contributed by atoms with Crippen LogP contribution < -0.4 is 5.73 Å². The lowest BCUT2D eigenvalue weighted by Crippen LogP contribution is -2.49. The van der Waals surface area contributed by atoms with E-state index in [2.05, 4.69) is 0 Å². The Morgan fingerprint density at radius 2 is 1.61 bits per heavy atom. The van der Waals surface area contributed by atoms with Crippen LogP contribution in [-0.4, -0.2) is 46.6 Å². The van der Waals surface area contributed by atoms with E-state index in [1.165, 1.54) is 11.8 Å². The molecule has 2 aromatic rings. The number of likely N-dealkylation sites (tertiary alicyclic amines) is 1. The van der Waals surface area contributed by atoms with Crippen molar-refractivity contribution in [1.29, 1.82) is 0 Å². The maximum absolute atomic E-state index is 13.0. The zero-order valence-corrected chi connectivity index (χ0v) is 16.2. The Labute approximate surface area is 167 Å². The third-order valence-electron chi connectivity index (χ3n) is 5.13. The normalized spacial score (nSPS) is 15.8. The number of carbonyl (C=O) groups excluding carboxylic acids is 2. The number of benzene rings is 2. The van der Waals surface area contributed by atoms with E-state index in [0.29, 0.717) is 36.4 Å². The number of carboxylic acids is 1. The summed E-state index contributed by atoms with van der Waals surface area (Å²) in [4.78, 5) is 38.6. The summed E-state index contributed by atoms with van der Waals surface area (Å²) in [6, 6.07) is 16.3. The van der Waals surface area contributed by atoms with Crippen molar-refractivity contribution < 1.29 is 19.5 Å². The molecule has 3 rings (SSSR count). The molecule has 7 heteroatoms. The molecule has 1 saturated heterocycles. The van der Waals surface area contributed by atoms with Gasteiger partial charge < -0.3 is 15.7 Å². The molecule has 1 aliphatic heterocycles. The highest BCUT2D eigenvalue weighted by Crippen LogP contribution is 2.36. The smallest absolute Gasteiger partial charge is 0.314 e. The molecular weight excluding hydrogens is 376 g/mol. The van der Waals surface area contributed by atoms with Gasteiger partial charge in [0.2, 0.25) is 5.91 Å². The Morgan fingerprint density at radius 3 is 2.21 bits per heavy atom. The van der Waals surface area contributed by atoms with E-state index in [9.17, 15) is 19.5 Å². The van der Waals surface area contributed by atoms with Gasteiger partial charge in [0.1, 0.15) is 0 Å². The number of piperidine rings is 1. The molecule has 0 atom stereocenters. The fourth-order valence-electron chi connectivity index (χ4n) is 3.56. The number of amides is 2. The van der Waals surface area contributed by atoms with Gasteiger partial charge in [0.25, 0.3) is 5.91 Å². The molecule has 3 N–H and O–H groups in total. The minimum atomic E-state index is -0.974. The van der Waals surface area contributed by atoms with Crippen LogP contribution in [0.3, 0.4) is 0 Å². The second kappa shape index (κ2) is 8.48. The summed E-state index contributed by atoms with van der Waals surface area (Å²) in [6.45, 7) is 0.712. The molecule has 0 bridgehead atoms. The van der Waals surface area contributed by atoms with Crippen molar-refractivity contribution in [1.82, 2.24) is 4.90 Å². The predicted molar refractivity (Wildman–Crippen MR) is 107 cm³/mol. The Hall–Kier alpha value is -2.80. The summed E-state index contributed by atoms with van der Waals surface area (Å²) in [5.74, 6) is -1.36. The molecule has 0 aromatic heterocycles. The van der Waals surface area contributed by atoms with E-state index in [0.717, 1.165) is 5.56 Å². The van der Waals surface area contributed by atoms with Crippen molar-refractivity contribution in [3.8, 4) is 0 Å². The fraction of sp³-hybridized carbons (Fsp3) is 0.286. The summed E-state index contributed by atoms with van der Waals surface area (Å²) in [5, 5.41) is 9.90. The van der Waals surface area contributed by atoms with Gasteiger partial charge in [-0.2, -0.15) is 0 Å². The summed E-state index contributed by atoms with van der Waals surface area (Å²) >= 11 is 1.23. The molecule has 0 spiro atoms. The summed E-state index contributed by atoms with van der Waals surface area (Å²) in [7, 11) is 0. The van der Waals surface area contributed by atoms with Crippen molar-refractivity contribution in [3.05, 3.63) is 65.7 Å². The quantitative estimate of drug-likeness (QED) is 0.728. The molecule has 6 nitrogen and oxygen atoms in total. The third-order valence-corrected chi connectivity index (χ3v) is 6.22. The molecule has 0 aliphatic carbocycles. The highest BCUT2D eigenvalue weighted by molar-refractivity contribution is 8.00. The number of hydrogen-bond donors (Lipinski definition) is 2. The molecule has 2 amide bonds. The first-order valence-electron chi connectivity index (χ1n) is 9.02. The van der Waals surface area contributed by atoms with Gasteiger partial charge in [-0.25, -0.2) is 0 Å². The molecule has 2 aromatic carbocycles. The van der Waals surface area contributed by atoms with E-state index >= 15 is 0 Å². The topological polar surface area (TPSA) is 101 Å². The first-order chi connectivity index (χ1) is 13.4. The Balaban J connectivity index is 1.77. The Morgan fingerprint density at radius 1 is 1.00 bits per heavy atom. The molecule has 146 valence electrons.